The zero-order chi connectivity index (χ0) is 12.5. The van der Waals surface area contributed by atoms with Gasteiger partial charge >= 0.3 is 0 Å². The van der Waals surface area contributed by atoms with Crippen molar-refractivity contribution in [1.82, 2.24) is 15.1 Å². The normalized spacial score (nSPS) is 11.0. The van der Waals surface area contributed by atoms with Gasteiger partial charge in [0, 0.05) is 13.1 Å². The zero-order valence-corrected chi connectivity index (χ0v) is 11.6. The second kappa shape index (κ2) is 8.29. The molecule has 0 aliphatic rings. The van der Waals surface area contributed by atoms with E-state index in [0.717, 1.165) is 31.7 Å². The number of nitrogens with zero attached hydrogens (tertiary/aromatic N) is 2. The highest BCUT2D eigenvalue weighted by atomic mass is 15.3. The quantitative estimate of drug-likeness (QED) is 0.668. The van der Waals surface area contributed by atoms with Gasteiger partial charge in [-0.1, -0.05) is 33.1 Å². The van der Waals surface area contributed by atoms with Gasteiger partial charge in [0.25, 0.3) is 0 Å². The predicted molar refractivity (Wildman–Crippen MR) is 73.1 cm³/mol. The third-order valence-corrected chi connectivity index (χ3v) is 2.93. The van der Waals surface area contributed by atoms with Gasteiger partial charge in [-0.05, 0) is 32.4 Å². The summed E-state index contributed by atoms with van der Waals surface area (Å²) in [5, 5.41) is 8.02. The summed E-state index contributed by atoms with van der Waals surface area (Å²) < 4.78 is 2.13. The van der Waals surface area contributed by atoms with Crippen molar-refractivity contribution >= 4 is 0 Å². The molecule has 0 fully saturated rings. The molecule has 0 spiro atoms. The van der Waals surface area contributed by atoms with Gasteiger partial charge in [-0.3, -0.25) is 4.68 Å². The molecule has 0 aliphatic carbocycles. The molecule has 3 nitrogen and oxygen atoms in total. The third-order valence-electron chi connectivity index (χ3n) is 2.93. The number of nitrogens with one attached hydrogen (secondary N) is 1. The Kier molecular flexibility index (Phi) is 6.94. The Bertz CT molecular complexity index is 304. The van der Waals surface area contributed by atoms with Crippen molar-refractivity contribution in [2.24, 2.45) is 0 Å². The summed E-state index contributed by atoms with van der Waals surface area (Å²) in [5.74, 6) is 0. The summed E-state index contributed by atoms with van der Waals surface area (Å²) in [5.41, 5.74) is 2.45. The van der Waals surface area contributed by atoms with Crippen molar-refractivity contribution in [3.05, 3.63) is 17.5 Å². The number of aryl methyl sites for hydroxylation is 2. The standard InChI is InChI=1S/C14H27N3/c1-4-6-7-8-9-15-12-14-11-13(3)16-17(14)10-5-2/h11,15H,4-10,12H2,1-3H3. The highest BCUT2D eigenvalue weighted by Gasteiger charge is 2.03. The molecule has 1 aromatic heterocycles. The average Bonchev–Trinajstić information content (AvgIpc) is 2.65. The van der Waals surface area contributed by atoms with Crippen LogP contribution in [0.3, 0.4) is 0 Å². The zero-order valence-electron chi connectivity index (χ0n) is 11.6. The van der Waals surface area contributed by atoms with E-state index in [9.17, 15) is 0 Å². The highest BCUT2D eigenvalue weighted by molar-refractivity contribution is 5.08. The first kappa shape index (κ1) is 14.2. The second-order valence-corrected chi connectivity index (χ2v) is 4.74. The van der Waals surface area contributed by atoms with Gasteiger partial charge in [-0.15, -0.1) is 0 Å². The van der Waals surface area contributed by atoms with Crippen molar-refractivity contribution in [3.63, 3.8) is 0 Å². The van der Waals surface area contributed by atoms with Crippen LogP contribution in [0.5, 0.6) is 0 Å². The van der Waals surface area contributed by atoms with E-state index in [-0.39, 0.29) is 0 Å². The van der Waals surface area contributed by atoms with Crippen LogP contribution in [0.4, 0.5) is 0 Å². The van der Waals surface area contributed by atoms with E-state index in [1.54, 1.807) is 0 Å². The number of hydrogen-bond acceptors (Lipinski definition) is 2. The fraction of sp³-hybridized carbons (Fsp3) is 0.786. The fourth-order valence-electron chi connectivity index (χ4n) is 2.04. The summed E-state index contributed by atoms with van der Waals surface area (Å²) in [4.78, 5) is 0. The van der Waals surface area contributed by atoms with Crippen molar-refractivity contribution in [3.8, 4) is 0 Å². The average molecular weight is 237 g/mol. The van der Waals surface area contributed by atoms with Crippen LogP contribution in [0.25, 0.3) is 0 Å². The number of hydrogen-bond donors (Lipinski definition) is 1. The number of rotatable bonds is 9. The van der Waals surface area contributed by atoms with Crippen LogP contribution in [0.2, 0.25) is 0 Å². The Morgan fingerprint density at radius 1 is 1.18 bits per heavy atom. The maximum atomic E-state index is 4.51. The summed E-state index contributed by atoms with van der Waals surface area (Å²) in [6, 6.07) is 2.19. The first-order valence-electron chi connectivity index (χ1n) is 7.02. The van der Waals surface area contributed by atoms with Gasteiger partial charge in [0.2, 0.25) is 0 Å². The van der Waals surface area contributed by atoms with Gasteiger partial charge in [-0.25, -0.2) is 0 Å². The van der Waals surface area contributed by atoms with Crippen molar-refractivity contribution in [1.29, 1.82) is 0 Å². The molecule has 1 N–H and O–H groups in total. The Labute approximate surface area is 106 Å². The summed E-state index contributed by atoms with van der Waals surface area (Å²) in [7, 11) is 0. The summed E-state index contributed by atoms with van der Waals surface area (Å²) >= 11 is 0. The Balaban J connectivity index is 2.25. The second-order valence-electron chi connectivity index (χ2n) is 4.74. The molecule has 0 aromatic carbocycles. The molecule has 1 heterocycles. The van der Waals surface area contributed by atoms with Crippen LogP contribution < -0.4 is 5.32 Å². The first-order valence-corrected chi connectivity index (χ1v) is 7.02. The van der Waals surface area contributed by atoms with E-state index < -0.39 is 0 Å². The minimum absolute atomic E-state index is 0.951. The smallest absolute Gasteiger partial charge is 0.0597 e. The third kappa shape index (κ3) is 5.35. The lowest BCUT2D eigenvalue weighted by molar-refractivity contribution is 0.536. The van der Waals surface area contributed by atoms with E-state index >= 15 is 0 Å². The molecule has 0 radical (unpaired) electrons. The minimum atomic E-state index is 0.951. The Morgan fingerprint density at radius 2 is 2.00 bits per heavy atom. The molecule has 0 saturated carbocycles. The lowest BCUT2D eigenvalue weighted by atomic mass is 10.2. The molecular formula is C14H27N3. The van der Waals surface area contributed by atoms with Crippen LogP contribution in [0.1, 0.15) is 57.3 Å². The van der Waals surface area contributed by atoms with Crippen LogP contribution in [-0.2, 0) is 13.1 Å². The maximum Gasteiger partial charge on any atom is 0.0597 e. The van der Waals surface area contributed by atoms with Crippen molar-refractivity contribution < 1.29 is 0 Å². The van der Waals surface area contributed by atoms with Crippen LogP contribution in [0, 0.1) is 6.92 Å². The molecule has 17 heavy (non-hydrogen) atoms. The highest BCUT2D eigenvalue weighted by Crippen LogP contribution is 2.05. The maximum absolute atomic E-state index is 4.51. The molecule has 0 atom stereocenters. The van der Waals surface area contributed by atoms with Crippen LogP contribution in [0.15, 0.2) is 6.07 Å². The molecule has 0 aliphatic heterocycles. The van der Waals surface area contributed by atoms with Crippen LogP contribution >= 0.6 is 0 Å². The van der Waals surface area contributed by atoms with Gasteiger partial charge in [0.05, 0.1) is 11.4 Å². The molecule has 3 heteroatoms. The number of unbranched alkanes of at least 4 members (excludes halogenated alkanes) is 3. The molecule has 0 bridgehead atoms. The van der Waals surface area contributed by atoms with E-state index in [1.807, 2.05) is 0 Å². The largest absolute Gasteiger partial charge is 0.311 e. The molecular weight excluding hydrogens is 210 g/mol. The lowest BCUT2D eigenvalue weighted by Gasteiger charge is -2.07. The molecule has 98 valence electrons. The Morgan fingerprint density at radius 3 is 2.71 bits per heavy atom. The molecule has 0 saturated heterocycles. The minimum Gasteiger partial charge on any atom is -0.311 e. The molecule has 1 aromatic rings. The van der Waals surface area contributed by atoms with Gasteiger partial charge < -0.3 is 5.32 Å². The first-order chi connectivity index (χ1) is 8.27. The predicted octanol–water partition coefficient (Wildman–Crippen LogP) is 3.27. The molecule has 0 amide bonds. The van der Waals surface area contributed by atoms with Gasteiger partial charge in [0.1, 0.15) is 0 Å². The van der Waals surface area contributed by atoms with E-state index in [0.29, 0.717) is 0 Å². The van der Waals surface area contributed by atoms with E-state index in [2.05, 4.69) is 41.9 Å². The summed E-state index contributed by atoms with van der Waals surface area (Å²) in [6.07, 6.45) is 6.44. The van der Waals surface area contributed by atoms with Gasteiger partial charge in [0.15, 0.2) is 0 Å². The van der Waals surface area contributed by atoms with Crippen molar-refractivity contribution in [2.75, 3.05) is 6.54 Å². The Hall–Kier alpha value is -0.830. The molecule has 1 rings (SSSR count). The lowest BCUT2D eigenvalue weighted by Crippen LogP contribution is -2.18. The monoisotopic (exact) mass is 237 g/mol. The van der Waals surface area contributed by atoms with E-state index in [4.69, 9.17) is 0 Å². The van der Waals surface area contributed by atoms with Crippen molar-refractivity contribution in [2.45, 2.75) is 66.0 Å². The van der Waals surface area contributed by atoms with Crippen LogP contribution in [-0.4, -0.2) is 16.3 Å². The molecule has 0 unspecified atom stereocenters. The van der Waals surface area contributed by atoms with Gasteiger partial charge in [-0.2, -0.15) is 5.10 Å². The number of aromatic nitrogens is 2. The SMILES string of the molecule is CCCCCCNCc1cc(C)nn1CCC. The fourth-order valence-corrected chi connectivity index (χ4v) is 2.04. The summed E-state index contributed by atoms with van der Waals surface area (Å²) in [6.45, 7) is 9.61. The van der Waals surface area contributed by atoms with E-state index in [1.165, 1.54) is 31.4 Å². The topological polar surface area (TPSA) is 29.9 Å².